The Morgan fingerprint density at radius 3 is 2.87 bits per heavy atom. The lowest BCUT2D eigenvalue weighted by Gasteiger charge is -2.44. The molecule has 2 saturated carbocycles. The summed E-state index contributed by atoms with van der Waals surface area (Å²) < 4.78 is 12.3. The fourth-order valence-corrected chi connectivity index (χ4v) is 6.83. The van der Waals surface area contributed by atoms with E-state index in [2.05, 4.69) is 40.0 Å². The predicted octanol–water partition coefficient (Wildman–Crippen LogP) is 6.02. The van der Waals surface area contributed by atoms with Crippen LogP contribution in [0.5, 0.6) is 11.5 Å². The third-order valence-corrected chi connectivity index (χ3v) is 7.89. The molecule has 5 nitrogen and oxygen atoms in total. The van der Waals surface area contributed by atoms with Gasteiger partial charge >= 0.3 is 5.97 Å². The van der Waals surface area contributed by atoms with E-state index in [1.54, 1.807) is 19.3 Å². The molecule has 162 valence electrons. The third-order valence-electron chi connectivity index (χ3n) is 7.30. The summed E-state index contributed by atoms with van der Waals surface area (Å²) in [5.41, 5.74) is 3.52. The van der Waals surface area contributed by atoms with Gasteiger partial charge in [0.1, 0.15) is 6.61 Å². The van der Waals surface area contributed by atoms with Gasteiger partial charge in [0.15, 0.2) is 11.5 Å². The van der Waals surface area contributed by atoms with Gasteiger partial charge in [-0.3, -0.25) is 0 Å². The van der Waals surface area contributed by atoms with Crippen molar-refractivity contribution in [1.29, 1.82) is 0 Å². The van der Waals surface area contributed by atoms with E-state index in [4.69, 9.17) is 9.47 Å². The molecular formula is C25H26BrNO4. The van der Waals surface area contributed by atoms with E-state index in [9.17, 15) is 9.90 Å². The summed E-state index contributed by atoms with van der Waals surface area (Å²) in [5, 5.41) is 13.6. The Morgan fingerprint density at radius 2 is 2.13 bits per heavy atom. The first kappa shape index (κ1) is 20.4. The summed E-state index contributed by atoms with van der Waals surface area (Å²) in [4.78, 5) is 12.0. The monoisotopic (exact) mass is 483 g/mol. The molecule has 5 atom stereocenters. The molecule has 2 N–H and O–H groups in total. The summed E-state index contributed by atoms with van der Waals surface area (Å²) in [7, 11) is 1.65. The normalized spacial score (nSPS) is 27.7. The summed E-state index contributed by atoms with van der Waals surface area (Å²) >= 11 is 3.67. The highest BCUT2D eigenvalue weighted by Gasteiger charge is 2.54. The minimum atomic E-state index is -0.841. The van der Waals surface area contributed by atoms with Crippen LogP contribution in [0.2, 0.25) is 0 Å². The van der Waals surface area contributed by atoms with E-state index < -0.39 is 5.97 Å². The second kappa shape index (κ2) is 7.90. The van der Waals surface area contributed by atoms with Crippen LogP contribution in [0.15, 0.2) is 47.5 Å². The highest BCUT2D eigenvalue weighted by atomic mass is 79.9. The van der Waals surface area contributed by atoms with Crippen LogP contribution in [-0.4, -0.2) is 24.8 Å². The second-order valence-electron chi connectivity index (χ2n) is 8.76. The number of rotatable bonds is 6. The summed E-state index contributed by atoms with van der Waals surface area (Å²) in [6.45, 7) is 4.12. The molecule has 6 heteroatoms. The van der Waals surface area contributed by atoms with Gasteiger partial charge in [-0.2, -0.15) is 0 Å². The highest BCUT2D eigenvalue weighted by Crippen LogP contribution is 2.64. The molecule has 2 bridgehead atoms. The van der Waals surface area contributed by atoms with Gasteiger partial charge in [0, 0.05) is 5.69 Å². The van der Waals surface area contributed by atoms with Crippen LogP contribution in [0.1, 0.15) is 52.7 Å². The lowest BCUT2D eigenvalue weighted by Crippen LogP contribution is -2.36. The Kier molecular flexibility index (Phi) is 5.21. The molecule has 2 aromatic carbocycles. The Morgan fingerprint density at radius 1 is 1.32 bits per heavy atom. The number of carbonyl (C=O) groups is 1. The van der Waals surface area contributed by atoms with E-state index in [-0.39, 0.29) is 12.0 Å². The molecule has 0 amide bonds. The maximum atomic E-state index is 12.0. The number of hydrogen-bond acceptors (Lipinski definition) is 4. The van der Waals surface area contributed by atoms with Crippen molar-refractivity contribution in [2.75, 3.05) is 19.0 Å². The average molecular weight is 484 g/mol. The van der Waals surface area contributed by atoms with Gasteiger partial charge in [-0.25, -0.2) is 4.79 Å². The van der Waals surface area contributed by atoms with Crippen molar-refractivity contribution >= 4 is 27.6 Å². The van der Waals surface area contributed by atoms with E-state index in [1.807, 2.05) is 12.1 Å². The zero-order valence-electron chi connectivity index (χ0n) is 17.4. The van der Waals surface area contributed by atoms with Gasteiger partial charge in [0.25, 0.3) is 0 Å². The Labute approximate surface area is 190 Å². The van der Waals surface area contributed by atoms with E-state index in [1.165, 1.54) is 19.3 Å². The van der Waals surface area contributed by atoms with Crippen molar-refractivity contribution < 1.29 is 19.4 Å². The van der Waals surface area contributed by atoms with Crippen molar-refractivity contribution in [3.8, 4) is 11.5 Å². The van der Waals surface area contributed by atoms with Gasteiger partial charge in [-0.15, -0.1) is 0 Å². The molecule has 1 heterocycles. The van der Waals surface area contributed by atoms with Crippen molar-refractivity contribution in [1.82, 2.24) is 0 Å². The molecule has 0 saturated heterocycles. The van der Waals surface area contributed by atoms with Crippen LogP contribution in [0.3, 0.4) is 0 Å². The largest absolute Gasteiger partial charge is 0.493 e. The van der Waals surface area contributed by atoms with Crippen LogP contribution < -0.4 is 14.8 Å². The van der Waals surface area contributed by atoms with Crippen LogP contribution in [0.4, 0.5) is 5.69 Å². The van der Waals surface area contributed by atoms with E-state index in [0.717, 1.165) is 21.3 Å². The van der Waals surface area contributed by atoms with E-state index >= 15 is 0 Å². The topological polar surface area (TPSA) is 67.8 Å². The SMILES string of the molecule is C=CCOc1c(Br)cc(C2Nc3cccc(C(=O)O)c3C3C4CCC(C4)C23)cc1OC. The van der Waals surface area contributed by atoms with Gasteiger partial charge in [0.05, 0.1) is 23.2 Å². The zero-order chi connectivity index (χ0) is 21.7. The number of nitrogens with one attached hydrogen (secondary N) is 1. The molecule has 0 radical (unpaired) electrons. The number of halogens is 1. The Hall–Kier alpha value is -2.47. The number of anilines is 1. The van der Waals surface area contributed by atoms with Crippen LogP contribution in [0, 0.1) is 17.8 Å². The first-order chi connectivity index (χ1) is 15.0. The standard InChI is InChI=1S/C25H26BrNO4/c1-3-9-31-24-17(26)11-15(12-19(24)30-2)23-21-14-8-7-13(10-14)20(21)22-16(25(28)29)5-4-6-18(22)27-23/h3-6,11-14,20-21,23,27H,1,7-10H2,2H3,(H,28,29). The molecule has 2 aliphatic carbocycles. The molecule has 1 aliphatic heterocycles. The molecule has 0 aromatic heterocycles. The number of benzene rings is 2. The fraction of sp³-hybridized carbons (Fsp3) is 0.400. The van der Waals surface area contributed by atoms with Crippen LogP contribution >= 0.6 is 15.9 Å². The number of carboxylic acids is 1. The van der Waals surface area contributed by atoms with Gasteiger partial charge < -0.3 is 19.9 Å². The number of methoxy groups -OCH3 is 1. The lowest BCUT2D eigenvalue weighted by molar-refractivity contribution is 0.0693. The molecule has 0 spiro atoms. The van der Waals surface area contributed by atoms with Crippen LogP contribution in [0.25, 0.3) is 0 Å². The fourth-order valence-electron chi connectivity index (χ4n) is 6.25. The molecule has 5 unspecified atom stereocenters. The number of hydrogen-bond donors (Lipinski definition) is 2. The molecule has 3 aliphatic rings. The zero-order valence-corrected chi connectivity index (χ0v) is 19.0. The second-order valence-corrected chi connectivity index (χ2v) is 9.62. The first-order valence-electron chi connectivity index (χ1n) is 10.8. The minimum Gasteiger partial charge on any atom is -0.493 e. The Balaban J connectivity index is 1.61. The summed E-state index contributed by atoms with van der Waals surface area (Å²) in [6.07, 6.45) is 5.29. The smallest absolute Gasteiger partial charge is 0.336 e. The molecular weight excluding hydrogens is 458 g/mol. The minimum absolute atomic E-state index is 0.0931. The number of aromatic carboxylic acids is 1. The molecule has 2 aromatic rings. The molecule has 31 heavy (non-hydrogen) atoms. The van der Waals surface area contributed by atoms with Crippen molar-refractivity contribution in [3.05, 3.63) is 64.1 Å². The molecule has 5 rings (SSSR count). The van der Waals surface area contributed by atoms with E-state index in [0.29, 0.717) is 41.4 Å². The van der Waals surface area contributed by atoms with Gasteiger partial charge in [-0.1, -0.05) is 18.7 Å². The third kappa shape index (κ3) is 3.23. The highest BCUT2D eigenvalue weighted by molar-refractivity contribution is 9.10. The lowest BCUT2D eigenvalue weighted by atomic mass is 9.67. The van der Waals surface area contributed by atoms with Crippen molar-refractivity contribution in [3.63, 3.8) is 0 Å². The number of ether oxygens (including phenoxy) is 2. The number of carboxylic acid groups (broad SMARTS) is 1. The first-order valence-corrected chi connectivity index (χ1v) is 11.6. The Bertz CT molecular complexity index is 1050. The maximum absolute atomic E-state index is 12.0. The van der Waals surface area contributed by atoms with Crippen LogP contribution in [-0.2, 0) is 0 Å². The quantitative estimate of drug-likeness (QED) is 0.491. The van der Waals surface area contributed by atoms with Gasteiger partial charge in [0.2, 0.25) is 0 Å². The maximum Gasteiger partial charge on any atom is 0.336 e. The summed E-state index contributed by atoms with van der Waals surface area (Å²) in [5.74, 6) is 2.30. The van der Waals surface area contributed by atoms with Gasteiger partial charge in [-0.05, 0) is 94.3 Å². The summed E-state index contributed by atoms with van der Waals surface area (Å²) in [6, 6.07) is 9.85. The predicted molar refractivity (Wildman–Crippen MR) is 123 cm³/mol. The van der Waals surface area contributed by atoms with Crippen molar-refractivity contribution in [2.24, 2.45) is 17.8 Å². The number of fused-ring (bicyclic) bond motifs is 7. The molecule has 2 fully saturated rings. The van der Waals surface area contributed by atoms with Crippen molar-refractivity contribution in [2.45, 2.75) is 31.2 Å². The average Bonchev–Trinajstić information content (AvgIpc) is 3.39.